The molecule has 0 bridgehead atoms. The van der Waals surface area contributed by atoms with Crippen LogP contribution in [0.5, 0.6) is 5.75 Å². The zero-order valence-electron chi connectivity index (χ0n) is 10.5. The van der Waals surface area contributed by atoms with Gasteiger partial charge in [-0.3, -0.25) is 0 Å². The highest BCUT2D eigenvalue weighted by molar-refractivity contribution is 5.89. The molecule has 0 atom stereocenters. The summed E-state index contributed by atoms with van der Waals surface area (Å²) in [5, 5.41) is 5.56. The predicted octanol–water partition coefficient (Wildman–Crippen LogP) is 3.01. The lowest BCUT2D eigenvalue weighted by Crippen LogP contribution is -2.29. The molecule has 1 aromatic rings. The molecule has 0 spiro atoms. The number of anilines is 1. The third-order valence-electron chi connectivity index (χ3n) is 2.24. The minimum Gasteiger partial charge on any atom is -0.494 e. The van der Waals surface area contributed by atoms with Crippen molar-refractivity contribution >= 4 is 11.7 Å². The summed E-state index contributed by atoms with van der Waals surface area (Å²) in [6.07, 6.45) is 2.07. The Hall–Kier alpha value is -1.71. The number of rotatable bonds is 6. The fourth-order valence-corrected chi connectivity index (χ4v) is 1.36. The molecule has 0 aromatic heterocycles. The maximum atomic E-state index is 11.4. The predicted molar refractivity (Wildman–Crippen MR) is 69.5 cm³/mol. The van der Waals surface area contributed by atoms with Crippen LogP contribution in [-0.2, 0) is 0 Å². The highest BCUT2D eigenvalue weighted by Gasteiger charge is 2.00. The largest absolute Gasteiger partial charge is 0.494 e. The summed E-state index contributed by atoms with van der Waals surface area (Å²) in [6.45, 7) is 5.38. The molecule has 0 fully saturated rings. The number of carbonyl (C=O) groups is 1. The maximum absolute atomic E-state index is 11.4. The minimum absolute atomic E-state index is 0.164. The molecule has 0 heterocycles. The first-order valence-electron chi connectivity index (χ1n) is 6.04. The quantitative estimate of drug-likeness (QED) is 0.746. The third-order valence-corrected chi connectivity index (χ3v) is 2.24. The van der Waals surface area contributed by atoms with E-state index in [0.29, 0.717) is 13.2 Å². The molecule has 0 aliphatic heterocycles. The van der Waals surface area contributed by atoms with Crippen LogP contribution in [0.2, 0.25) is 0 Å². The van der Waals surface area contributed by atoms with Gasteiger partial charge in [0.1, 0.15) is 5.75 Å². The number of nitrogens with one attached hydrogen (secondary N) is 2. The van der Waals surface area contributed by atoms with E-state index < -0.39 is 0 Å². The molecule has 2 amide bonds. The molecule has 94 valence electrons. The third kappa shape index (κ3) is 5.24. The first kappa shape index (κ1) is 13.4. The molecule has 0 aliphatic carbocycles. The molecule has 0 saturated heterocycles. The van der Waals surface area contributed by atoms with Crippen LogP contribution in [0.25, 0.3) is 0 Å². The van der Waals surface area contributed by atoms with Crippen LogP contribution < -0.4 is 15.4 Å². The number of hydrogen-bond acceptors (Lipinski definition) is 2. The van der Waals surface area contributed by atoms with E-state index >= 15 is 0 Å². The van der Waals surface area contributed by atoms with E-state index in [2.05, 4.69) is 17.6 Å². The SMILES string of the molecule is CCCCNC(=O)Nc1ccc(OCC)cc1. The van der Waals surface area contributed by atoms with E-state index in [0.717, 1.165) is 24.3 Å². The van der Waals surface area contributed by atoms with Crippen molar-refractivity contribution in [2.45, 2.75) is 26.7 Å². The van der Waals surface area contributed by atoms with Gasteiger partial charge in [-0.1, -0.05) is 13.3 Å². The summed E-state index contributed by atoms with van der Waals surface area (Å²) in [5.74, 6) is 0.810. The molecule has 0 radical (unpaired) electrons. The number of hydrogen-bond donors (Lipinski definition) is 2. The number of amides is 2. The van der Waals surface area contributed by atoms with E-state index in [4.69, 9.17) is 4.74 Å². The standard InChI is InChI=1S/C13H20N2O2/c1-3-5-10-14-13(16)15-11-6-8-12(9-7-11)17-4-2/h6-9H,3-5,10H2,1-2H3,(H2,14,15,16). The van der Waals surface area contributed by atoms with Gasteiger partial charge in [0.25, 0.3) is 0 Å². The molecule has 0 saturated carbocycles. The van der Waals surface area contributed by atoms with Crippen LogP contribution in [0.4, 0.5) is 10.5 Å². The molecule has 2 N–H and O–H groups in total. The van der Waals surface area contributed by atoms with Crippen LogP contribution in [-0.4, -0.2) is 19.2 Å². The van der Waals surface area contributed by atoms with Crippen LogP contribution in [0.15, 0.2) is 24.3 Å². The average Bonchev–Trinajstić information content (AvgIpc) is 2.32. The molecule has 0 aliphatic rings. The Labute approximate surface area is 102 Å². The zero-order chi connectivity index (χ0) is 12.5. The lowest BCUT2D eigenvalue weighted by atomic mass is 10.3. The second-order valence-electron chi connectivity index (χ2n) is 3.69. The average molecular weight is 236 g/mol. The number of benzene rings is 1. The fraction of sp³-hybridized carbons (Fsp3) is 0.462. The molecular weight excluding hydrogens is 216 g/mol. The number of ether oxygens (including phenoxy) is 1. The van der Waals surface area contributed by atoms with Gasteiger partial charge in [0.05, 0.1) is 6.61 Å². The summed E-state index contributed by atoms with van der Waals surface area (Å²) in [7, 11) is 0. The summed E-state index contributed by atoms with van der Waals surface area (Å²) >= 11 is 0. The van der Waals surface area contributed by atoms with E-state index in [1.807, 2.05) is 31.2 Å². The van der Waals surface area contributed by atoms with E-state index in [1.54, 1.807) is 0 Å². The summed E-state index contributed by atoms with van der Waals surface area (Å²) in [4.78, 5) is 11.4. The Balaban J connectivity index is 2.37. The summed E-state index contributed by atoms with van der Waals surface area (Å²) in [6, 6.07) is 7.16. The Bertz CT molecular complexity index is 336. The second kappa shape index (κ2) is 7.54. The Kier molecular flexibility index (Phi) is 5.93. The van der Waals surface area contributed by atoms with Crippen molar-refractivity contribution in [2.24, 2.45) is 0 Å². The minimum atomic E-state index is -0.164. The van der Waals surface area contributed by atoms with Crippen LogP contribution in [0.1, 0.15) is 26.7 Å². The lowest BCUT2D eigenvalue weighted by Gasteiger charge is -2.08. The Morgan fingerprint density at radius 2 is 1.94 bits per heavy atom. The monoisotopic (exact) mass is 236 g/mol. The van der Waals surface area contributed by atoms with Crippen molar-refractivity contribution in [2.75, 3.05) is 18.5 Å². The van der Waals surface area contributed by atoms with Crippen LogP contribution >= 0.6 is 0 Å². The van der Waals surface area contributed by atoms with Crippen LogP contribution in [0, 0.1) is 0 Å². The molecule has 0 unspecified atom stereocenters. The smallest absolute Gasteiger partial charge is 0.319 e. The van der Waals surface area contributed by atoms with E-state index in [9.17, 15) is 4.79 Å². The highest BCUT2D eigenvalue weighted by atomic mass is 16.5. The Morgan fingerprint density at radius 1 is 1.24 bits per heavy atom. The van der Waals surface area contributed by atoms with Gasteiger partial charge in [0.2, 0.25) is 0 Å². The van der Waals surface area contributed by atoms with Gasteiger partial charge in [0.15, 0.2) is 0 Å². The molecule has 4 nitrogen and oxygen atoms in total. The van der Waals surface area contributed by atoms with Crippen molar-refractivity contribution in [1.29, 1.82) is 0 Å². The number of carbonyl (C=O) groups excluding carboxylic acids is 1. The Morgan fingerprint density at radius 3 is 2.53 bits per heavy atom. The topological polar surface area (TPSA) is 50.4 Å². The molecule has 1 rings (SSSR count). The van der Waals surface area contributed by atoms with Gasteiger partial charge in [-0.15, -0.1) is 0 Å². The summed E-state index contributed by atoms with van der Waals surface area (Å²) in [5.41, 5.74) is 0.766. The van der Waals surface area contributed by atoms with Crippen molar-refractivity contribution < 1.29 is 9.53 Å². The molecular formula is C13H20N2O2. The molecule has 1 aromatic carbocycles. The lowest BCUT2D eigenvalue weighted by molar-refractivity contribution is 0.252. The van der Waals surface area contributed by atoms with Crippen molar-refractivity contribution in [3.63, 3.8) is 0 Å². The van der Waals surface area contributed by atoms with Crippen molar-refractivity contribution in [3.8, 4) is 5.75 Å². The van der Waals surface area contributed by atoms with Gasteiger partial charge >= 0.3 is 6.03 Å². The molecule has 4 heteroatoms. The zero-order valence-corrected chi connectivity index (χ0v) is 10.5. The summed E-state index contributed by atoms with van der Waals surface area (Å²) < 4.78 is 5.32. The van der Waals surface area contributed by atoms with Crippen LogP contribution in [0.3, 0.4) is 0 Å². The first-order chi connectivity index (χ1) is 8.26. The first-order valence-corrected chi connectivity index (χ1v) is 6.04. The van der Waals surface area contributed by atoms with E-state index in [-0.39, 0.29) is 6.03 Å². The number of unbranched alkanes of at least 4 members (excludes halogenated alkanes) is 1. The van der Waals surface area contributed by atoms with Crippen molar-refractivity contribution in [1.82, 2.24) is 5.32 Å². The van der Waals surface area contributed by atoms with E-state index in [1.165, 1.54) is 0 Å². The second-order valence-corrected chi connectivity index (χ2v) is 3.69. The van der Waals surface area contributed by atoms with Gasteiger partial charge in [-0.25, -0.2) is 4.79 Å². The normalized spacial score (nSPS) is 9.76. The van der Waals surface area contributed by atoms with Gasteiger partial charge < -0.3 is 15.4 Å². The van der Waals surface area contributed by atoms with Crippen molar-refractivity contribution in [3.05, 3.63) is 24.3 Å². The number of urea groups is 1. The van der Waals surface area contributed by atoms with Gasteiger partial charge in [0, 0.05) is 12.2 Å². The van der Waals surface area contributed by atoms with Gasteiger partial charge in [-0.05, 0) is 37.6 Å². The van der Waals surface area contributed by atoms with Gasteiger partial charge in [-0.2, -0.15) is 0 Å². The molecule has 17 heavy (non-hydrogen) atoms. The highest BCUT2D eigenvalue weighted by Crippen LogP contribution is 2.15. The fourth-order valence-electron chi connectivity index (χ4n) is 1.36. The maximum Gasteiger partial charge on any atom is 0.319 e.